The molecule has 0 heterocycles. The number of carbonyl (C=O) groups excluding carboxylic acids is 3. The van der Waals surface area contributed by atoms with E-state index in [1.54, 1.807) is 18.2 Å². The second-order valence-electron chi connectivity index (χ2n) is 5.13. The van der Waals surface area contributed by atoms with Gasteiger partial charge in [-0.2, -0.15) is 0 Å². The third kappa shape index (κ3) is 4.97. The van der Waals surface area contributed by atoms with E-state index in [-0.39, 0.29) is 23.3 Å². The Kier molecular flexibility index (Phi) is 6.60. The maximum absolute atomic E-state index is 12.1. The van der Waals surface area contributed by atoms with Crippen molar-refractivity contribution in [3.05, 3.63) is 63.1 Å². The van der Waals surface area contributed by atoms with Crippen LogP contribution in [0.1, 0.15) is 26.3 Å². The minimum absolute atomic E-state index is 0.0124. The summed E-state index contributed by atoms with van der Waals surface area (Å²) in [7, 11) is 2.40. The van der Waals surface area contributed by atoms with E-state index in [0.29, 0.717) is 15.6 Å². The van der Waals surface area contributed by atoms with Crippen molar-refractivity contribution >= 4 is 41.1 Å². The number of halogens is 2. The molecule has 0 radical (unpaired) electrons. The minimum Gasteiger partial charge on any atom is -0.465 e. The average Bonchev–Trinajstić information content (AvgIpc) is 2.62. The largest absolute Gasteiger partial charge is 0.465 e. The van der Waals surface area contributed by atoms with Gasteiger partial charge in [-0.3, -0.25) is 4.79 Å². The maximum Gasteiger partial charge on any atom is 0.338 e. The molecule has 0 unspecified atom stereocenters. The number of hydrogen-bond donors (Lipinski definition) is 0. The van der Waals surface area contributed by atoms with E-state index in [1.165, 1.54) is 32.4 Å². The zero-order chi connectivity index (χ0) is 19.3. The molecule has 2 rings (SSSR count). The number of hydrogen-bond acceptors (Lipinski definition) is 6. The molecular formula is C18H14Cl2O6. The summed E-state index contributed by atoms with van der Waals surface area (Å²) in [5.41, 5.74) is 0.696. The Morgan fingerprint density at radius 3 is 1.92 bits per heavy atom. The maximum atomic E-state index is 12.1. The molecule has 0 aromatic heterocycles. The molecule has 0 aliphatic carbocycles. The number of ether oxygens (including phenoxy) is 3. The monoisotopic (exact) mass is 396 g/mol. The van der Waals surface area contributed by atoms with Crippen LogP contribution in [-0.2, 0) is 20.7 Å². The first-order valence-corrected chi connectivity index (χ1v) is 8.06. The van der Waals surface area contributed by atoms with Crippen molar-refractivity contribution in [2.45, 2.75) is 6.42 Å². The zero-order valence-electron chi connectivity index (χ0n) is 13.9. The van der Waals surface area contributed by atoms with Gasteiger partial charge in [-0.15, -0.1) is 0 Å². The summed E-state index contributed by atoms with van der Waals surface area (Å²) in [5, 5.41) is 0.690. The predicted molar refractivity (Wildman–Crippen MR) is 94.9 cm³/mol. The van der Waals surface area contributed by atoms with Crippen LogP contribution in [0.2, 0.25) is 10.0 Å². The van der Waals surface area contributed by atoms with E-state index in [0.717, 1.165) is 0 Å². The second kappa shape index (κ2) is 8.69. The van der Waals surface area contributed by atoms with Gasteiger partial charge in [-0.1, -0.05) is 29.3 Å². The van der Waals surface area contributed by atoms with E-state index >= 15 is 0 Å². The average molecular weight is 397 g/mol. The highest BCUT2D eigenvalue weighted by molar-refractivity contribution is 6.42. The van der Waals surface area contributed by atoms with Crippen LogP contribution in [-0.4, -0.2) is 32.1 Å². The lowest BCUT2D eigenvalue weighted by atomic mass is 10.1. The summed E-state index contributed by atoms with van der Waals surface area (Å²) in [5.74, 6) is -1.96. The summed E-state index contributed by atoms with van der Waals surface area (Å²) in [6.07, 6.45) is -0.0765. The third-order valence-corrected chi connectivity index (χ3v) is 4.05. The molecule has 0 bridgehead atoms. The van der Waals surface area contributed by atoms with Gasteiger partial charge in [0.2, 0.25) is 0 Å². The molecule has 0 amide bonds. The fraction of sp³-hybridized carbons (Fsp3) is 0.167. The molecular weight excluding hydrogens is 383 g/mol. The molecule has 0 saturated heterocycles. The van der Waals surface area contributed by atoms with Crippen molar-refractivity contribution in [1.29, 1.82) is 0 Å². The van der Waals surface area contributed by atoms with Gasteiger partial charge in [-0.05, 0) is 35.9 Å². The number of methoxy groups -OCH3 is 2. The fourth-order valence-electron chi connectivity index (χ4n) is 2.11. The highest BCUT2D eigenvalue weighted by Crippen LogP contribution is 2.24. The molecule has 2 aromatic rings. The Bertz CT molecular complexity index is 829. The van der Waals surface area contributed by atoms with Crippen molar-refractivity contribution in [3.63, 3.8) is 0 Å². The third-order valence-electron chi connectivity index (χ3n) is 3.31. The summed E-state index contributed by atoms with van der Waals surface area (Å²) in [4.78, 5) is 35.6. The molecule has 26 heavy (non-hydrogen) atoms. The van der Waals surface area contributed by atoms with E-state index in [1.807, 2.05) is 0 Å². The summed E-state index contributed by atoms with van der Waals surface area (Å²) < 4.78 is 14.5. The minimum atomic E-state index is -0.683. The lowest BCUT2D eigenvalue weighted by Crippen LogP contribution is -2.13. The molecule has 0 atom stereocenters. The molecule has 136 valence electrons. The van der Waals surface area contributed by atoms with Gasteiger partial charge in [-0.25, -0.2) is 9.59 Å². The first kappa shape index (κ1) is 19.8. The number of rotatable bonds is 5. The predicted octanol–water partition coefficient (Wildman–Crippen LogP) is 3.71. The summed E-state index contributed by atoms with van der Waals surface area (Å²) >= 11 is 11.7. The zero-order valence-corrected chi connectivity index (χ0v) is 15.4. The Morgan fingerprint density at radius 1 is 0.846 bits per heavy atom. The molecule has 6 nitrogen and oxygen atoms in total. The quantitative estimate of drug-likeness (QED) is 0.565. The summed E-state index contributed by atoms with van der Waals surface area (Å²) in [6.45, 7) is 0. The molecule has 0 fully saturated rings. The van der Waals surface area contributed by atoms with Crippen LogP contribution in [0, 0.1) is 0 Å². The van der Waals surface area contributed by atoms with Crippen LogP contribution in [0.4, 0.5) is 0 Å². The number of carbonyl (C=O) groups is 3. The van der Waals surface area contributed by atoms with E-state index < -0.39 is 17.9 Å². The van der Waals surface area contributed by atoms with Crippen molar-refractivity contribution in [2.75, 3.05) is 14.2 Å². The Morgan fingerprint density at radius 2 is 1.42 bits per heavy atom. The van der Waals surface area contributed by atoms with Gasteiger partial charge in [0.15, 0.2) is 0 Å². The first-order valence-electron chi connectivity index (χ1n) is 7.30. The first-order chi connectivity index (χ1) is 12.3. The molecule has 0 aliphatic rings. The van der Waals surface area contributed by atoms with Gasteiger partial charge < -0.3 is 14.2 Å². The number of benzene rings is 2. The van der Waals surface area contributed by atoms with Crippen molar-refractivity contribution in [1.82, 2.24) is 0 Å². The highest BCUT2D eigenvalue weighted by Gasteiger charge is 2.16. The van der Waals surface area contributed by atoms with Crippen LogP contribution >= 0.6 is 23.2 Å². The van der Waals surface area contributed by atoms with Crippen LogP contribution in [0.5, 0.6) is 5.75 Å². The molecule has 0 spiro atoms. The molecule has 0 aliphatic heterocycles. The van der Waals surface area contributed by atoms with E-state index in [9.17, 15) is 14.4 Å². The Labute approximate surface area is 159 Å². The molecule has 0 saturated carbocycles. The normalized spacial score (nSPS) is 10.2. The smallest absolute Gasteiger partial charge is 0.338 e. The van der Waals surface area contributed by atoms with E-state index in [2.05, 4.69) is 9.47 Å². The standard InChI is InChI=1S/C18H14Cl2O6/c1-24-17(22)11-7-12(18(23)25-2)9-13(8-11)26-16(21)6-10-3-4-14(19)15(20)5-10/h3-5,7-9H,6H2,1-2H3. The topological polar surface area (TPSA) is 78.9 Å². The van der Waals surface area contributed by atoms with E-state index in [4.69, 9.17) is 27.9 Å². The van der Waals surface area contributed by atoms with Crippen molar-refractivity contribution in [2.24, 2.45) is 0 Å². The second-order valence-corrected chi connectivity index (χ2v) is 5.94. The fourth-order valence-corrected chi connectivity index (χ4v) is 2.43. The van der Waals surface area contributed by atoms with Crippen LogP contribution < -0.4 is 4.74 Å². The van der Waals surface area contributed by atoms with Gasteiger partial charge in [0.1, 0.15) is 5.75 Å². The Balaban J connectivity index is 2.23. The molecule has 0 N–H and O–H groups in total. The lowest BCUT2D eigenvalue weighted by Gasteiger charge is -2.09. The van der Waals surface area contributed by atoms with Gasteiger partial charge >= 0.3 is 17.9 Å². The van der Waals surface area contributed by atoms with Gasteiger partial charge in [0, 0.05) is 0 Å². The van der Waals surface area contributed by atoms with Crippen LogP contribution in [0.15, 0.2) is 36.4 Å². The molecule has 8 heteroatoms. The lowest BCUT2D eigenvalue weighted by molar-refractivity contribution is -0.133. The number of esters is 3. The van der Waals surface area contributed by atoms with Crippen LogP contribution in [0.25, 0.3) is 0 Å². The van der Waals surface area contributed by atoms with Gasteiger partial charge in [0.25, 0.3) is 0 Å². The van der Waals surface area contributed by atoms with Crippen molar-refractivity contribution in [3.8, 4) is 5.75 Å². The highest BCUT2D eigenvalue weighted by atomic mass is 35.5. The summed E-state index contributed by atoms with van der Waals surface area (Å²) in [6, 6.07) is 8.64. The molecule has 2 aromatic carbocycles. The van der Waals surface area contributed by atoms with Gasteiger partial charge in [0.05, 0.1) is 41.8 Å². The van der Waals surface area contributed by atoms with Crippen molar-refractivity contribution < 1.29 is 28.6 Å². The SMILES string of the molecule is COC(=O)c1cc(OC(=O)Cc2ccc(Cl)c(Cl)c2)cc(C(=O)OC)c1. The Hall–Kier alpha value is -2.57. The van der Waals surface area contributed by atoms with Crippen LogP contribution in [0.3, 0.4) is 0 Å².